The lowest BCUT2D eigenvalue weighted by Crippen LogP contribution is -2.48. The highest BCUT2D eigenvalue weighted by atomic mass is 32.1. The number of carbonyl (C=O) groups is 1. The molecule has 0 aromatic rings. The van der Waals surface area contributed by atoms with Crippen LogP contribution in [0.15, 0.2) is 0 Å². The first kappa shape index (κ1) is 16.4. The molecule has 0 aliphatic carbocycles. The van der Waals surface area contributed by atoms with Gasteiger partial charge in [-0.2, -0.15) is 0 Å². The Labute approximate surface area is 122 Å². The van der Waals surface area contributed by atoms with Gasteiger partial charge in [-0.25, -0.2) is 0 Å². The molecule has 1 unspecified atom stereocenters. The van der Waals surface area contributed by atoms with E-state index < -0.39 is 0 Å². The number of carbonyl (C=O) groups excluding carboxylic acids is 1. The van der Waals surface area contributed by atoms with E-state index >= 15 is 0 Å². The Kier molecular flexibility index (Phi) is 6.72. The third kappa shape index (κ3) is 4.42. The molecular formula is C14H27N3OS. The van der Waals surface area contributed by atoms with Crippen LogP contribution in [0.25, 0.3) is 0 Å². The highest BCUT2D eigenvalue weighted by Crippen LogP contribution is 2.19. The van der Waals surface area contributed by atoms with Gasteiger partial charge in [-0.1, -0.05) is 32.5 Å². The van der Waals surface area contributed by atoms with Gasteiger partial charge in [-0.15, -0.1) is 0 Å². The summed E-state index contributed by atoms with van der Waals surface area (Å²) < 4.78 is 0. The number of thiocarbonyl (C=S) groups is 1. The molecule has 19 heavy (non-hydrogen) atoms. The molecule has 110 valence electrons. The molecule has 1 aliphatic rings. The zero-order valence-electron chi connectivity index (χ0n) is 12.4. The molecule has 0 saturated carbocycles. The minimum Gasteiger partial charge on any atom is -0.393 e. The number of nitrogens with two attached hydrogens (primary N) is 1. The SMILES string of the molecule is CCCC(C(=O)N(C)C1CCN(CC)CC1)C(N)=S. The number of rotatable bonds is 6. The average molecular weight is 285 g/mol. The topological polar surface area (TPSA) is 49.6 Å². The quantitative estimate of drug-likeness (QED) is 0.754. The second-order valence-corrected chi connectivity index (χ2v) is 5.83. The van der Waals surface area contributed by atoms with Crippen molar-refractivity contribution >= 4 is 23.1 Å². The average Bonchev–Trinajstić information content (AvgIpc) is 2.43. The predicted molar refractivity (Wildman–Crippen MR) is 83.1 cm³/mol. The van der Waals surface area contributed by atoms with Crippen molar-refractivity contribution in [3.05, 3.63) is 0 Å². The molecule has 0 aromatic heterocycles. The van der Waals surface area contributed by atoms with Gasteiger partial charge in [-0.05, 0) is 25.8 Å². The minimum atomic E-state index is -0.283. The summed E-state index contributed by atoms with van der Waals surface area (Å²) in [5.74, 6) is -0.182. The first-order valence-corrected chi connectivity index (χ1v) is 7.70. The second kappa shape index (κ2) is 7.80. The molecule has 0 aromatic carbocycles. The normalized spacial score (nSPS) is 19.1. The van der Waals surface area contributed by atoms with E-state index in [1.807, 2.05) is 11.9 Å². The van der Waals surface area contributed by atoms with Gasteiger partial charge in [0.05, 0.1) is 10.9 Å². The van der Waals surface area contributed by atoms with E-state index in [1.165, 1.54) is 0 Å². The molecule has 1 atom stereocenters. The van der Waals surface area contributed by atoms with E-state index in [1.54, 1.807) is 0 Å². The third-order valence-corrected chi connectivity index (χ3v) is 4.40. The largest absolute Gasteiger partial charge is 0.393 e. The van der Waals surface area contributed by atoms with Gasteiger partial charge in [0.2, 0.25) is 5.91 Å². The van der Waals surface area contributed by atoms with Crippen molar-refractivity contribution in [2.45, 2.75) is 45.6 Å². The van der Waals surface area contributed by atoms with Crippen molar-refractivity contribution in [1.29, 1.82) is 0 Å². The van der Waals surface area contributed by atoms with Gasteiger partial charge >= 0.3 is 0 Å². The van der Waals surface area contributed by atoms with Crippen molar-refractivity contribution in [1.82, 2.24) is 9.80 Å². The summed E-state index contributed by atoms with van der Waals surface area (Å²) in [6.45, 7) is 7.47. The number of hydrogen-bond donors (Lipinski definition) is 1. The van der Waals surface area contributed by atoms with Crippen molar-refractivity contribution in [2.24, 2.45) is 11.7 Å². The van der Waals surface area contributed by atoms with Crippen LogP contribution in [0.2, 0.25) is 0 Å². The minimum absolute atomic E-state index is 0.101. The van der Waals surface area contributed by atoms with E-state index in [4.69, 9.17) is 18.0 Å². The maximum absolute atomic E-state index is 12.5. The molecule has 0 radical (unpaired) electrons. The van der Waals surface area contributed by atoms with Gasteiger partial charge in [0.25, 0.3) is 0 Å². The Morgan fingerprint density at radius 1 is 1.42 bits per heavy atom. The molecule has 4 nitrogen and oxygen atoms in total. The van der Waals surface area contributed by atoms with E-state index in [2.05, 4.69) is 18.7 Å². The molecule has 1 aliphatic heterocycles. The van der Waals surface area contributed by atoms with Crippen LogP contribution in [-0.4, -0.2) is 53.4 Å². The molecule has 0 bridgehead atoms. The molecule has 1 rings (SSSR count). The summed E-state index contributed by atoms with van der Waals surface area (Å²) in [5.41, 5.74) is 5.71. The Morgan fingerprint density at radius 2 is 2.00 bits per heavy atom. The highest BCUT2D eigenvalue weighted by molar-refractivity contribution is 7.80. The van der Waals surface area contributed by atoms with Crippen LogP contribution in [0.1, 0.15) is 39.5 Å². The number of likely N-dealkylation sites (tertiary alicyclic amines) is 1. The van der Waals surface area contributed by atoms with E-state index in [9.17, 15) is 4.79 Å². The third-order valence-electron chi connectivity index (χ3n) is 4.12. The van der Waals surface area contributed by atoms with Gasteiger partial charge in [0, 0.05) is 26.2 Å². The fourth-order valence-electron chi connectivity index (χ4n) is 2.72. The summed E-state index contributed by atoms with van der Waals surface area (Å²) in [6.07, 6.45) is 3.78. The van der Waals surface area contributed by atoms with Crippen molar-refractivity contribution in [3.8, 4) is 0 Å². The van der Waals surface area contributed by atoms with Crippen LogP contribution in [0, 0.1) is 5.92 Å². The zero-order valence-corrected chi connectivity index (χ0v) is 13.2. The van der Waals surface area contributed by atoms with E-state index in [0.717, 1.165) is 45.3 Å². The Balaban J connectivity index is 2.58. The number of amides is 1. The highest BCUT2D eigenvalue weighted by Gasteiger charge is 2.30. The van der Waals surface area contributed by atoms with Gasteiger partial charge < -0.3 is 15.5 Å². The van der Waals surface area contributed by atoms with Crippen LogP contribution in [0.5, 0.6) is 0 Å². The second-order valence-electron chi connectivity index (χ2n) is 5.36. The number of hydrogen-bond acceptors (Lipinski definition) is 3. The molecule has 1 amide bonds. The van der Waals surface area contributed by atoms with Gasteiger partial charge in [0.1, 0.15) is 0 Å². The van der Waals surface area contributed by atoms with Crippen molar-refractivity contribution in [3.63, 3.8) is 0 Å². The fraction of sp³-hybridized carbons (Fsp3) is 0.857. The number of nitrogens with zero attached hydrogens (tertiary/aromatic N) is 2. The van der Waals surface area contributed by atoms with Crippen molar-refractivity contribution in [2.75, 3.05) is 26.7 Å². The lowest BCUT2D eigenvalue weighted by atomic mass is 9.98. The molecule has 2 N–H and O–H groups in total. The molecule has 1 fully saturated rings. The summed E-state index contributed by atoms with van der Waals surface area (Å²) in [6, 6.07) is 0.337. The monoisotopic (exact) mass is 285 g/mol. The van der Waals surface area contributed by atoms with Gasteiger partial charge in [0.15, 0.2) is 0 Å². The summed E-state index contributed by atoms with van der Waals surface area (Å²) in [7, 11) is 1.90. The standard InChI is InChI=1S/C14H27N3OS/c1-4-6-12(13(15)19)14(18)16(3)11-7-9-17(5-2)10-8-11/h11-12H,4-10H2,1-3H3,(H2,15,19). The molecule has 0 spiro atoms. The molecule has 5 heteroatoms. The van der Waals surface area contributed by atoms with E-state index in [-0.39, 0.29) is 11.8 Å². The van der Waals surface area contributed by atoms with Gasteiger partial charge in [-0.3, -0.25) is 4.79 Å². The first-order valence-electron chi connectivity index (χ1n) is 7.29. The molecular weight excluding hydrogens is 258 g/mol. The Bertz CT molecular complexity index is 314. The lowest BCUT2D eigenvalue weighted by Gasteiger charge is -2.37. The molecule has 1 heterocycles. The maximum atomic E-state index is 12.5. The Morgan fingerprint density at radius 3 is 2.42 bits per heavy atom. The van der Waals surface area contributed by atoms with E-state index in [0.29, 0.717) is 11.0 Å². The van der Waals surface area contributed by atoms with Crippen LogP contribution in [0.3, 0.4) is 0 Å². The zero-order chi connectivity index (χ0) is 14.4. The maximum Gasteiger partial charge on any atom is 0.232 e. The summed E-state index contributed by atoms with van der Waals surface area (Å²) >= 11 is 5.04. The van der Waals surface area contributed by atoms with Crippen LogP contribution >= 0.6 is 12.2 Å². The molecule has 1 saturated heterocycles. The van der Waals surface area contributed by atoms with Crippen LogP contribution < -0.4 is 5.73 Å². The summed E-state index contributed by atoms with van der Waals surface area (Å²) in [5, 5.41) is 0. The fourth-order valence-corrected chi connectivity index (χ4v) is 2.94. The van der Waals surface area contributed by atoms with Crippen LogP contribution in [-0.2, 0) is 4.79 Å². The van der Waals surface area contributed by atoms with Crippen molar-refractivity contribution < 1.29 is 4.79 Å². The smallest absolute Gasteiger partial charge is 0.232 e. The predicted octanol–water partition coefficient (Wildman–Crippen LogP) is 1.63. The summed E-state index contributed by atoms with van der Waals surface area (Å²) in [4.78, 5) is 17.1. The number of piperidine rings is 1. The lowest BCUT2D eigenvalue weighted by molar-refractivity contribution is -0.135. The Hall–Kier alpha value is -0.680. The first-order chi connectivity index (χ1) is 9.01. The van der Waals surface area contributed by atoms with Crippen LogP contribution in [0.4, 0.5) is 0 Å².